The number of methoxy groups -OCH3 is 4. The lowest BCUT2D eigenvalue weighted by Crippen LogP contribution is -2.43. The van der Waals surface area contributed by atoms with Crippen LogP contribution in [0.25, 0.3) is 0 Å². The van der Waals surface area contributed by atoms with Crippen LogP contribution in [0.1, 0.15) is 62.3 Å². The summed E-state index contributed by atoms with van der Waals surface area (Å²) < 4.78 is 22.2. The Morgan fingerprint density at radius 1 is 0.939 bits per heavy atom. The van der Waals surface area contributed by atoms with Crippen molar-refractivity contribution in [3.05, 3.63) is 47.0 Å². The molecule has 1 aliphatic rings. The minimum atomic E-state index is -0.239. The van der Waals surface area contributed by atoms with Crippen LogP contribution in [0.3, 0.4) is 0 Å². The molecule has 0 aliphatic carbocycles. The first kappa shape index (κ1) is 24.7. The number of nitrogens with zero attached hydrogens (tertiary/aromatic N) is 1. The number of carbonyl (C=O) groups excluding carboxylic acids is 1. The molecule has 0 saturated carbocycles. The molecule has 2 atom stereocenters. The Morgan fingerprint density at radius 2 is 1.58 bits per heavy atom. The Hall–Kier alpha value is -2.89. The maximum atomic E-state index is 13.8. The molecule has 0 bridgehead atoms. The van der Waals surface area contributed by atoms with E-state index in [-0.39, 0.29) is 17.9 Å². The van der Waals surface area contributed by atoms with Crippen molar-refractivity contribution in [2.45, 2.75) is 52.0 Å². The van der Waals surface area contributed by atoms with Crippen LogP contribution < -0.4 is 18.9 Å². The van der Waals surface area contributed by atoms with Gasteiger partial charge < -0.3 is 23.8 Å². The van der Waals surface area contributed by atoms with Crippen molar-refractivity contribution in [2.24, 2.45) is 5.92 Å². The molecule has 0 N–H and O–H groups in total. The predicted molar refractivity (Wildman–Crippen MR) is 130 cm³/mol. The number of fused-ring (bicyclic) bond motifs is 1. The SMILES string of the molecule is CCCC[C@H](CC)C(=O)N1CCc2cc(OC)c(OC)cc2[C@@H]1c1ccc(OC)c(OC)c1. The van der Waals surface area contributed by atoms with Gasteiger partial charge in [-0.2, -0.15) is 0 Å². The lowest BCUT2D eigenvalue weighted by Gasteiger charge is -2.40. The summed E-state index contributed by atoms with van der Waals surface area (Å²) in [6.45, 7) is 4.93. The van der Waals surface area contributed by atoms with E-state index in [1.165, 1.54) is 0 Å². The molecule has 0 radical (unpaired) electrons. The Bertz CT molecular complexity index is 958. The zero-order valence-corrected chi connectivity index (χ0v) is 20.8. The minimum Gasteiger partial charge on any atom is -0.493 e. The summed E-state index contributed by atoms with van der Waals surface area (Å²) >= 11 is 0. The molecular weight excluding hydrogens is 418 g/mol. The van der Waals surface area contributed by atoms with Crippen LogP contribution >= 0.6 is 0 Å². The zero-order valence-electron chi connectivity index (χ0n) is 20.8. The molecule has 6 nitrogen and oxygen atoms in total. The van der Waals surface area contributed by atoms with E-state index in [1.807, 2.05) is 35.2 Å². The Balaban J connectivity index is 2.14. The molecule has 1 amide bonds. The van der Waals surface area contributed by atoms with Crippen molar-refractivity contribution in [1.82, 2.24) is 4.90 Å². The van der Waals surface area contributed by atoms with Gasteiger partial charge in [0, 0.05) is 12.5 Å². The lowest BCUT2D eigenvalue weighted by atomic mass is 9.85. The standard InChI is InChI=1S/C27H37NO5/c1-7-9-10-18(8-2)27(29)28-14-13-19-15-24(32-5)25(33-6)17-21(19)26(28)20-11-12-22(30-3)23(16-20)31-4/h11-12,15-18,26H,7-10,13-14H2,1-6H3/t18-,26-/m0/s1. The highest BCUT2D eigenvalue weighted by Crippen LogP contribution is 2.43. The fraction of sp³-hybridized carbons (Fsp3) is 0.519. The van der Waals surface area contributed by atoms with Crippen molar-refractivity contribution in [2.75, 3.05) is 35.0 Å². The van der Waals surface area contributed by atoms with E-state index in [9.17, 15) is 4.79 Å². The number of hydrogen-bond donors (Lipinski definition) is 0. The number of amides is 1. The van der Waals surface area contributed by atoms with E-state index in [0.717, 1.165) is 48.8 Å². The molecule has 2 aromatic rings. The lowest BCUT2D eigenvalue weighted by molar-refractivity contribution is -0.138. The molecule has 0 fully saturated rings. The van der Waals surface area contributed by atoms with Crippen molar-refractivity contribution in [3.63, 3.8) is 0 Å². The molecule has 3 rings (SSSR count). The smallest absolute Gasteiger partial charge is 0.226 e. The van der Waals surface area contributed by atoms with E-state index < -0.39 is 0 Å². The fourth-order valence-electron chi connectivity index (χ4n) is 4.75. The molecule has 0 spiro atoms. The first-order valence-corrected chi connectivity index (χ1v) is 11.8. The third-order valence-electron chi connectivity index (χ3n) is 6.63. The second-order valence-electron chi connectivity index (χ2n) is 8.45. The van der Waals surface area contributed by atoms with Gasteiger partial charge in [-0.1, -0.05) is 32.8 Å². The molecule has 0 saturated heterocycles. The van der Waals surface area contributed by atoms with Gasteiger partial charge in [-0.15, -0.1) is 0 Å². The first-order chi connectivity index (χ1) is 16.0. The summed E-state index contributed by atoms with van der Waals surface area (Å²) in [5.41, 5.74) is 3.21. The maximum Gasteiger partial charge on any atom is 0.226 e. The number of hydrogen-bond acceptors (Lipinski definition) is 5. The molecule has 180 valence electrons. The summed E-state index contributed by atoms with van der Waals surface area (Å²) in [6.07, 6.45) is 4.67. The summed E-state index contributed by atoms with van der Waals surface area (Å²) in [5.74, 6) is 2.91. The van der Waals surface area contributed by atoms with Gasteiger partial charge in [0.1, 0.15) is 0 Å². The third kappa shape index (κ3) is 5.05. The fourth-order valence-corrected chi connectivity index (χ4v) is 4.75. The number of benzene rings is 2. The van der Waals surface area contributed by atoms with Crippen LogP contribution in [-0.4, -0.2) is 45.8 Å². The van der Waals surface area contributed by atoms with Crippen LogP contribution in [0.2, 0.25) is 0 Å². The maximum absolute atomic E-state index is 13.8. The van der Waals surface area contributed by atoms with Crippen molar-refractivity contribution < 1.29 is 23.7 Å². The highest BCUT2D eigenvalue weighted by molar-refractivity contribution is 5.80. The van der Waals surface area contributed by atoms with Gasteiger partial charge in [0.15, 0.2) is 23.0 Å². The molecule has 0 aromatic heterocycles. The quantitative estimate of drug-likeness (QED) is 0.479. The summed E-state index contributed by atoms with van der Waals surface area (Å²) in [7, 11) is 6.54. The van der Waals surface area contributed by atoms with Crippen molar-refractivity contribution >= 4 is 5.91 Å². The molecule has 33 heavy (non-hydrogen) atoms. The van der Waals surface area contributed by atoms with Crippen LogP contribution in [0.15, 0.2) is 30.3 Å². The number of ether oxygens (including phenoxy) is 4. The van der Waals surface area contributed by atoms with Crippen molar-refractivity contribution in [1.29, 1.82) is 0 Å². The summed E-state index contributed by atoms with van der Waals surface area (Å²) in [6, 6.07) is 9.71. The van der Waals surface area contributed by atoms with E-state index >= 15 is 0 Å². The summed E-state index contributed by atoms with van der Waals surface area (Å²) in [5, 5.41) is 0. The average Bonchev–Trinajstić information content (AvgIpc) is 2.86. The van der Waals surface area contributed by atoms with E-state index in [4.69, 9.17) is 18.9 Å². The third-order valence-corrected chi connectivity index (χ3v) is 6.63. The minimum absolute atomic E-state index is 0.0225. The van der Waals surface area contributed by atoms with Gasteiger partial charge in [-0.3, -0.25) is 4.79 Å². The highest BCUT2D eigenvalue weighted by Gasteiger charge is 2.36. The zero-order chi connectivity index (χ0) is 24.0. The second kappa shape index (κ2) is 11.3. The Kier molecular flexibility index (Phi) is 8.48. The van der Waals surface area contributed by atoms with Gasteiger partial charge in [-0.05, 0) is 60.2 Å². The molecular formula is C27H37NO5. The highest BCUT2D eigenvalue weighted by atomic mass is 16.5. The van der Waals surface area contributed by atoms with Gasteiger partial charge in [-0.25, -0.2) is 0 Å². The number of carbonyl (C=O) groups is 1. The van der Waals surface area contributed by atoms with Gasteiger partial charge in [0.2, 0.25) is 5.91 Å². The van der Waals surface area contributed by atoms with Crippen LogP contribution in [0.4, 0.5) is 0 Å². The van der Waals surface area contributed by atoms with E-state index in [1.54, 1.807) is 28.4 Å². The monoisotopic (exact) mass is 455 g/mol. The van der Waals surface area contributed by atoms with Crippen LogP contribution in [-0.2, 0) is 11.2 Å². The average molecular weight is 456 g/mol. The number of unbranched alkanes of at least 4 members (excludes halogenated alkanes) is 1. The van der Waals surface area contributed by atoms with Crippen LogP contribution in [0, 0.1) is 5.92 Å². The predicted octanol–water partition coefficient (Wildman–Crippen LogP) is 5.41. The molecule has 1 heterocycles. The molecule has 2 aromatic carbocycles. The number of rotatable bonds is 10. The first-order valence-electron chi connectivity index (χ1n) is 11.8. The van der Waals surface area contributed by atoms with Gasteiger partial charge in [0.05, 0.1) is 34.5 Å². The Labute approximate surface area is 197 Å². The van der Waals surface area contributed by atoms with E-state index in [0.29, 0.717) is 29.5 Å². The van der Waals surface area contributed by atoms with Gasteiger partial charge in [0.25, 0.3) is 0 Å². The van der Waals surface area contributed by atoms with E-state index in [2.05, 4.69) is 13.8 Å². The molecule has 6 heteroatoms. The summed E-state index contributed by atoms with van der Waals surface area (Å²) in [4.78, 5) is 15.8. The van der Waals surface area contributed by atoms with Gasteiger partial charge >= 0.3 is 0 Å². The Morgan fingerprint density at radius 3 is 2.18 bits per heavy atom. The molecule has 1 aliphatic heterocycles. The topological polar surface area (TPSA) is 57.2 Å². The largest absolute Gasteiger partial charge is 0.493 e. The normalized spacial score (nSPS) is 16.1. The second-order valence-corrected chi connectivity index (χ2v) is 8.45. The van der Waals surface area contributed by atoms with Crippen molar-refractivity contribution in [3.8, 4) is 23.0 Å². The molecule has 0 unspecified atom stereocenters. The van der Waals surface area contributed by atoms with Crippen LogP contribution in [0.5, 0.6) is 23.0 Å².